The molecular weight excluding hydrogens is 473 g/mol. The average molecular weight is 501 g/mol. The summed E-state index contributed by atoms with van der Waals surface area (Å²) in [5.41, 5.74) is 2.56. The molecule has 0 atom stereocenters. The van der Waals surface area contributed by atoms with Crippen LogP contribution in [0.2, 0.25) is 0 Å². The number of hydrogen-bond acceptors (Lipinski definition) is 7. The maximum atomic E-state index is 12.3. The lowest BCUT2D eigenvalue weighted by Crippen LogP contribution is -2.42. The Hall–Kier alpha value is -3.73. The van der Waals surface area contributed by atoms with Gasteiger partial charge >= 0.3 is 6.36 Å². The van der Waals surface area contributed by atoms with Crippen molar-refractivity contribution < 1.29 is 22.7 Å². The standard InChI is InChI=1S/C25H27F3N6O2/c1-16-23-20(30-24(29-16)34-14-12-18(13-15-34)33(2)3)9-10-21(32-23)31-22(35)11-6-17-4-7-19(8-5-17)36-25(26,27)28/h4-11,18H,12-15H2,1-3H3,(H,31,32,35). The molecule has 11 heteroatoms. The summed E-state index contributed by atoms with van der Waals surface area (Å²) in [6.45, 7) is 3.64. The third-order valence-electron chi connectivity index (χ3n) is 5.97. The number of nitrogens with zero attached hydrogens (tertiary/aromatic N) is 5. The van der Waals surface area contributed by atoms with Gasteiger partial charge in [-0.2, -0.15) is 0 Å². The molecule has 3 heterocycles. The van der Waals surface area contributed by atoms with E-state index < -0.39 is 12.3 Å². The Bertz CT molecular complexity index is 1250. The first-order valence-electron chi connectivity index (χ1n) is 11.5. The zero-order valence-electron chi connectivity index (χ0n) is 20.2. The minimum absolute atomic E-state index is 0.330. The van der Waals surface area contributed by atoms with Crippen LogP contribution in [0, 0.1) is 6.92 Å². The third kappa shape index (κ3) is 6.48. The van der Waals surface area contributed by atoms with Gasteiger partial charge in [0, 0.05) is 25.2 Å². The lowest BCUT2D eigenvalue weighted by Gasteiger charge is -2.35. The molecule has 4 rings (SSSR count). The molecule has 1 N–H and O–H groups in total. The first-order valence-corrected chi connectivity index (χ1v) is 11.5. The Balaban J connectivity index is 1.40. The maximum Gasteiger partial charge on any atom is 0.573 e. The number of halogens is 3. The van der Waals surface area contributed by atoms with Crippen LogP contribution in [-0.4, -0.2) is 65.3 Å². The molecule has 36 heavy (non-hydrogen) atoms. The zero-order chi connectivity index (χ0) is 25.9. The summed E-state index contributed by atoms with van der Waals surface area (Å²) in [6, 6.07) is 9.22. The Morgan fingerprint density at radius 2 is 1.78 bits per heavy atom. The van der Waals surface area contributed by atoms with Crippen LogP contribution in [0.5, 0.6) is 5.75 Å². The smallest absolute Gasteiger partial charge is 0.406 e. The molecular formula is C25H27F3N6O2. The molecule has 0 unspecified atom stereocenters. The predicted octanol–water partition coefficient (Wildman–Crippen LogP) is 4.41. The van der Waals surface area contributed by atoms with Gasteiger partial charge in [-0.05, 0) is 69.8 Å². The molecule has 0 radical (unpaired) electrons. The first-order chi connectivity index (χ1) is 17.1. The molecule has 3 aromatic rings. The van der Waals surface area contributed by atoms with Crippen LogP contribution in [0.4, 0.5) is 24.9 Å². The van der Waals surface area contributed by atoms with E-state index in [2.05, 4.69) is 48.9 Å². The molecule has 1 aliphatic rings. The largest absolute Gasteiger partial charge is 0.573 e. The molecule has 1 aromatic carbocycles. The number of fused-ring (bicyclic) bond motifs is 1. The second kappa shape index (κ2) is 10.5. The van der Waals surface area contributed by atoms with Gasteiger partial charge in [0.15, 0.2) is 0 Å². The van der Waals surface area contributed by atoms with E-state index in [1.807, 2.05) is 6.92 Å². The zero-order valence-corrected chi connectivity index (χ0v) is 20.2. The number of carbonyl (C=O) groups is 1. The Kier molecular flexibility index (Phi) is 7.39. The van der Waals surface area contributed by atoms with Gasteiger partial charge in [-0.3, -0.25) is 4.79 Å². The number of piperidine rings is 1. The van der Waals surface area contributed by atoms with Gasteiger partial charge in [0.2, 0.25) is 11.9 Å². The minimum Gasteiger partial charge on any atom is -0.406 e. The number of anilines is 2. The van der Waals surface area contributed by atoms with E-state index in [0.717, 1.165) is 31.6 Å². The Morgan fingerprint density at radius 3 is 2.42 bits per heavy atom. The van der Waals surface area contributed by atoms with Crippen molar-refractivity contribution in [3.8, 4) is 5.75 Å². The number of nitrogens with one attached hydrogen (secondary N) is 1. The topological polar surface area (TPSA) is 83.5 Å². The van der Waals surface area contributed by atoms with Crippen LogP contribution in [0.25, 0.3) is 17.1 Å². The van der Waals surface area contributed by atoms with Gasteiger partial charge < -0.3 is 19.9 Å². The van der Waals surface area contributed by atoms with Crippen LogP contribution in [0.3, 0.4) is 0 Å². The van der Waals surface area contributed by atoms with Crippen LogP contribution < -0.4 is 15.0 Å². The van der Waals surface area contributed by atoms with Crippen molar-refractivity contribution in [2.45, 2.75) is 32.2 Å². The van der Waals surface area contributed by atoms with E-state index in [1.165, 1.54) is 36.4 Å². The maximum absolute atomic E-state index is 12.3. The fourth-order valence-electron chi connectivity index (χ4n) is 4.06. The first kappa shape index (κ1) is 25.4. The molecule has 8 nitrogen and oxygen atoms in total. The summed E-state index contributed by atoms with van der Waals surface area (Å²) in [5.74, 6) is 0.266. The monoisotopic (exact) mass is 500 g/mol. The molecule has 0 spiro atoms. The van der Waals surface area contributed by atoms with Gasteiger partial charge in [0.25, 0.3) is 0 Å². The number of aromatic nitrogens is 3. The van der Waals surface area contributed by atoms with Crippen LogP contribution in [0.1, 0.15) is 24.1 Å². The summed E-state index contributed by atoms with van der Waals surface area (Å²) in [4.78, 5) is 30.6. The molecule has 1 amide bonds. The number of alkyl halides is 3. The number of benzene rings is 1. The molecule has 1 saturated heterocycles. The lowest BCUT2D eigenvalue weighted by molar-refractivity contribution is -0.274. The Morgan fingerprint density at radius 1 is 1.08 bits per heavy atom. The second-order valence-electron chi connectivity index (χ2n) is 8.79. The molecule has 0 saturated carbocycles. The van der Waals surface area contributed by atoms with Crippen molar-refractivity contribution in [2.24, 2.45) is 0 Å². The van der Waals surface area contributed by atoms with Gasteiger partial charge in [0.05, 0.1) is 11.2 Å². The number of hydrogen-bond donors (Lipinski definition) is 1. The van der Waals surface area contributed by atoms with Gasteiger partial charge in [-0.1, -0.05) is 12.1 Å². The van der Waals surface area contributed by atoms with Crippen molar-refractivity contribution in [1.82, 2.24) is 19.9 Å². The number of aryl methyl sites for hydroxylation is 1. The number of carbonyl (C=O) groups excluding carboxylic acids is 1. The highest BCUT2D eigenvalue weighted by molar-refractivity contribution is 6.01. The molecule has 1 fully saturated rings. The fourth-order valence-corrected chi connectivity index (χ4v) is 4.06. The highest BCUT2D eigenvalue weighted by atomic mass is 19.4. The van der Waals surface area contributed by atoms with Crippen molar-refractivity contribution in [3.05, 3.63) is 53.7 Å². The fraction of sp³-hybridized carbons (Fsp3) is 0.360. The van der Waals surface area contributed by atoms with Crippen molar-refractivity contribution in [3.63, 3.8) is 0 Å². The van der Waals surface area contributed by atoms with Crippen molar-refractivity contribution in [1.29, 1.82) is 0 Å². The van der Waals surface area contributed by atoms with Gasteiger partial charge in [0.1, 0.15) is 17.1 Å². The molecule has 190 valence electrons. The summed E-state index contributed by atoms with van der Waals surface area (Å²) < 4.78 is 40.6. The summed E-state index contributed by atoms with van der Waals surface area (Å²) in [6.07, 6.45) is 0.104. The van der Waals surface area contributed by atoms with E-state index in [-0.39, 0.29) is 5.75 Å². The number of rotatable bonds is 6. The lowest BCUT2D eigenvalue weighted by atomic mass is 10.0. The van der Waals surface area contributed by atoms with E-state index in [4.69, 9.17) is 0 Å². The van der Waals surface area contributed by atoms with E-state index in [1.54, 1.807) is 12.1 Å². The number of ether oxygens (including phenoxy) is 1. The SMILES string of the molecule is Cc1nc(N2CCC(N(C)C)CC2)nc2ccc(NC(=O)C=Cc3ccc(OC(F)(F)F)cc3)nc12. The third-order valence-corrected chi connectivity index (χ3v) is 5.97. The van der Waals surface area contributed by atoms with Gasteiger partial charge in [-0.15, -0.1) is 13.2 Å². The van der Waals surface area contributed by atoms with Gasteiger partial charge in [-0.25, -0.2) is 15.0 Å². The summed E-state index contributed by atoms with van der Waals surface area (Å²) in [5, 5.41) is 2.69. The second-order valence-corrected chi connectivity index (χ2v) is 8.79. The van der Waals surface area contributed by atoms with Crippen molar-refractivity contribution >= 4 is 34.8 Å². The number of pyridine rings is 1. The number of amides is 1. The normalized spacial score (nSPS) is 15.1. The highest BCUT2D eigenvalue weighted by Gasteiger charge is 2.31. The van der Waals surface area contributed by atoms with E-state index in [9.17, 15) is 18.0 Å². The van der Waals surface area contributed by atoms with E-state index >= 15 is 0 Å². The molecule has 0 bridgehead atoms. The van der Waals surface area contributed by atoms with Crippen molar-refractivity contribution in [2.75, 3.05) is 37.4 Å². The average Bonchev–Trinajstić information content (AvgIpc) is 2.83. The quantitative estimate of drug-likeness (QED) is 0.502. The summed E-state index contributed by atoms with van der Waals surface area (Å²) >= 11 is 0. The summed E-state index contributed by atoms with van der Waals surface area (Å²) in [7, 11) is 4.20. The van der Waals surface area contributed by atoms with Crippen LogP contribution in [-0.2, 0) is 4.79 Å². The molecule has 1 aliphatic heterocycles. The Labute approximate surface area is 206 Å². The van der Waals surface area contributed by atoms with Crippen LogP contribution in [0.15, 0.2) is 42.5 Å². The molecule has 2 aromatic heterocycles. The minimum atomic E-state index is -4.75. The molecule has 0 aliphatic carbocycles. The van der Waals surface area contributed by atoms with Crippen LogP contribution >= 0.6 is 0 Å². The predicted molar refractivity (Wildman–Crippen MR) is 132 cm³/mol. The highest BCUT2D eigenvalue weighted by Crippen LogP contribution is 2.24. The van der Waals surface area contributed by atoms with E-state index in [0.29, 0.717) is 34.4 Å².